The van der Waals surface area contributed by atoms with Crippen molar-refractivity contribution in [3.8, 4) is 0 Å². The summed E-state index contributed by atoms with van der Waals surface area (Å²) < 4.78 is 65.3. The molecule has 3 nitrogen and oxygen atoms in total. The highest BCUT2D eigenvalue weighted by Gasteiger charge is 2.30. The predicted molar refractivity (Wildman–Crippen MR) is 90.4 cm³/mol. The van der Waals surface area contributed by atoms with Crippen molar-refractivity contribution in [1.82, 2.24) is 0 Å². The number of aryl methyl sites for hydroxylation is 2. The lowest BCUT2D eigenvalue weighted by molar-refractivity contribution is -0.0335. The molecule has 0 aromatic heterocycles. The summed E-state index contributed by atoms with van der Waals surface area (Å²) in [6.07, 6.45) is 5.74. The van der Waals surface area contributed by atoms with Crippen molar-refractivity contribution in [2.45, 2.75) is 62.8 Å². The maximum atomic E-state index is 12.2. The highest BCUT2D eigenvalue weighted by molar-refractivity contribution is 8.00. The van der Waals surface area contributed by atoms with Crippen molar-refractivity contribution >= 4 is 21.9 Å². The molecule has 138 valence electrons. The Labute approximate surface area is 146 Å². The first kappa shape index (κ1) is 21.3. The normalized spacial score (nSPS) is 12.5. The van der Waals surface area contributed by atoms with Crippen LogP contribution in [0.2, 0.25) is 0 Å². The fraction of sp³-hybridized carbons (Fsp3) is 0.625. The van der Waals surface area contributed by atoms with Crippen molar-refractivity contribution in [1.29, 1.82) is 0 Å². The van der Waals surface area contributed by atoms with Crippen LogP contribution in [0.3, 0.4) is 0 Å². The maximum Gasteiger partial charge on any atom is 0.444 e. The Kier molecular flexibility index (Phi) is 8.59. The van der Waals surface area contributed by atoms with Gasteiger partial charge in [-0.1, -0.05) is 50.3 Å². The van der Waals surface area contributed by atoms with Crippen molar-refractivity contribution in [2.75, 3.05) is 5.94 Å². The molecule has 0 aliphatic carbocycles. The smallest absolute Gasteiger partial charge is 0.255 e. The van der Waals surface area contributed by atoms with Gasteiger partial charge in [-0.25, -0.2) is 0 Å². The van der Waals surface area contributed by atoms with E-state index in [1.165, 1.54) is 6.07 Å². The average Bonchev–Trinajstić information content (AvgIpc) is 2.45. The average molecular weight is 384 g/mol. The molecule has 0 aliphatic rings. The molecule has 0 amide bonds. The molecular weight excluding hydrogens is 361 g/mol. The van der Waals surface area contributed by atoms with Gasteiger partial charge in [0.25, 0.3) is 10.1 Å². The Hall–Kier alpha value is -0.730. The van der Waals surface area contributed by atoms with Crippen LogP contribution in [0.25, 0.3) is 0 Å². The van der Waals surface area contributed by atoms with Gasteiger partial charge in [0.05, 0.1) is 4.90 Å². The third kappa shape index (κ3) is 7.90. The zero-order valence-corrected chi connectivity index (χ0v) is 15.5. The Morgan fingerprint density at radius 1 is 1.12 bits per heavy atom. The van der Waals surface area contributed by atoms with Crippen LogP contribution in [0.1, 0.15) is 50.2 Å². The summed E-state index contributed by atoms with van der Waals surface area (Å²) in [6, 6.07) is 4.78. The summed E-state index contributed by atoms with van der Waals surface area (Å²) in [5.41, 5.74) is -3.02. The van der Waals surface area contributed by atoms with Crippen LogP contribution in [-0.2, 0) is 20.7 Å². The van der Waals surface area contributed by atoms with Gasteiger partial charge in [-0.15, -0.1) is 0 Å². The lowest BCUT2D eigenvalue weighted by Crippen LogP contribution is -2.12. The van der Waals surface area contributed by atoms with E-state index in [1.54, 1.807) is 12.1 Å². The van der Waals surface area contributed by atoms with E-state index in [9.17, 15) is 21.6 Å². The Morgan fingerprint density at radius 2 is 1.79 bits per heavy atom. The topological polar surface area (TPSA) is 43.4 Å². The van der Waals surface area contributed by atoms with Gasteiger partial charge >= 0.3 is 5.51 Å². The van der Waals surface area contributed by atoms with Gasteiger partial charge in [-0.3, -0.25) is 4.18 Å². The van der Waals surface area contributed by atoms with Crippen LogP contribution in [-0.4, -0.2) is 19.9 Å². The number of halogens is 3. The minimum atomic E-state index is -4.52. The molecule has 8 heteroatoms. The standard InChI is InChI=1S/C16H23F3O3S2/c1-3-4-5-6-7-8-14-11-13(2)9-10-15(14)24(20,21)22-12-23-16(17,18)19/h9-11H,3-8,12H2,1-2H3. The van der Waals surface area contributed by atoms with E-state index < -0.39 is 33.3 Å². The van der Waals surface area contributed by atoms with Crippen molar-refractivity contribution in [3.05, 3.63) is 29.3 Å². The fourth-order valence-electron chi connectivity index (χ4n) is 2.28. The Balaban J connectivity index is 2.77. The molecule has 0 spiro atoms. The number of hydrogen-bond acceptors (Lipinski definition) is 4. The van der Waals surface area contributed by atoms with Gasteiger partial charge in [0.2, 0.25) is 0 Å². The van der Waals surface area contributed by atoms with E-state index in [2.05, 4.69) is 11.1 Å². The molecule has 24 heavy (non-hydrogen) atoms. The van der Waals surface area contributed by atoms with Crippen LogP contribution in [0.4, 0.5) is 13.2 Å². The molecule has 0 unspecified atom stereocenters. The zero-order chi connectivity index (χ0) is 18.2. The van der Waals surface area contributed by atoms with Crippen molar-refractivity contribution in [2.24, 2.45) is 0 Å². The Morgan fingerprint density at radius 3 is 2.42 bits per heavy atom. The van der Waals surface area contributed by atoms with Crippen LogP contribution in [0.15, 0.2) is 23.1 Å². The second-order valence-corrected chi connectivity index (χ2v) is 8.13. The van der Waals surface area contributed by atoms with E-state index >= 15 is 0 Å². The molecular formula is C16H23F3O3S2. The summed E-state index contributed by atoms with van der Waals surface area (Å²) in [5.74, 6) is -0.977. The first-order valence-electron chi connectivity index (χ1n) is 7.85. The molecule has 0 radical (unpaired) electrons. The zero-order valence-electron chi connectivity index (χ0n) is 13.9. The quantitative estimate of drug-likeness (QED) is 0.307. The van der Waals surface area contributed by atoms with Crippen molar-refractivity contribution in [3.63, 3.8) is 0 Å². The molecule has 0 saturated carbocycles. The molecule has 0 saturated heterocycles. The molecule has 1 rings (SSSR count). The third-order valence-electron chi connectivity index (χ3n) is 3.46. The lowest BCUT2D eigenvalue weighted by Gasteiger charge is -2.12. The summed E-state index contributed by atoms with van der Waals surface area (Å²) >= 11 is -0.510. The molecule has 0 bridgehead atoms. The van der Waals surface area contributed by atoms with Crippen LogP contribution in [0, 0.1) is 6.92 Å². The molecule has 0 N–H and O–H groups in total. The summed E-state index contributed by atoms with van der Waals surface area (Å²) in [5, 5.41) is 0. The van der Waals surface area contributed by atoms with E-state index in [4.69, 9.17) is 0 Å². The number of alkyl halides is 3. The predicted octanol–water partition coefficient (Wildman–Crippen LogP) is 5.42. The molecule has 0 atom stereocenters. The second-order valence-electron chi connectivity index (χ2n) is 5.56. The SMILES string of the molecule is CCCCCCCc1cc(C)ccc1S(=O)(=O)OCSC(F)(F)F. The number of hydrogen-bond donors (Lipinski definition) is 0. The van der Waals surface area contributed by atoms with Crippen LogP contribution >= 0.6 is 11.8 Å². The van der Waals surface area contributed by atoms with Gasteiger partial charge in [-0.05, 0) is 43.2 Å². The first-order chi connectivity index (χ1) is 11.2. The number of unbranched alkanes of at least 4 members (excludes halogenated alkanes) is 4. The summed E-state index contributed by atoms with van der Waals surface area (Å²) in [7, 11) is -4.20. The van der Waals surface area contributed by atoms with Crippen LogP contribution < -0.4 is 0 Å². The molecule has 0 aliphatic heterocycles. The summed E-state index contributed by atoms with van der Waals surface area (Å²) in [4.78, 5) is -0.0358. The number of rotatable bonds is 10. The van der Waals surface area contributed by atoms with Crippen molar-refractivity contribution < 1.29 is 25.8 Å². The van der Waals surface area contributed by atoms with Gasteiger partial charge < -0.3 is 0 Å². The van der Waals surface area contributed by atoms with E-state index in [-0.39, 0.29) is 4.90 Å². The van der Waals surface area contributed by atoms with E-state index in [0.717, 1.165) is 37.7 Å². The molecule has 0 heterocycles. The largest absolute Gasteiger partial charge is 0.444 e. The molecule has 1 aromatic carbocycles. The van der Waals surface area contributed by atoms with Gasteiger partial charge in [0, 0.05) is 0 Å². The lowest BCUT2D eigenvalue weighted by atomic mass is 10.0. The number of benzene rings is 1. The number of thioether (sulfide) groups is 1. The maximum absolute atomic E-state index is 12.2. The second kappa shape index (κ2) is 9.68. The first-order valence-corrected chi connectivity index (χ1v) is 10.2. The highest BCUT2D eigenvalue weighted by atomic mass is 32.2. The summed E-state index contributed by atoms with van der Waals surface area (Å²) in [6.45, 7) is 3.96. The minimum Gasteiger partial charge on any atom is -0.255 e. The van der Waals surface area contributed by atoms with Gasteiger partial charge in [0.15, 0.2) is 0 Å². The monoisotopic (exact) mass is 384 g/mol. The highest BCUT2D eigenvalue weighted by Crippen LogP contribution is 2.31. The van der Waals surface area contributed by atoms with Gasteiger partial charge in [-0.2, -0.15) is 21.6 Å². The van der Waals surface area contributed by atoms with Gasteiger partial charge in [0.1, 0.15) is 5.94 Å². The van der Waals surface area contributed by atoms with E-state index in [1.807, 2.05) is 6.92 Å². The van der Waals surface area contributed by atoms with E-state index in [0.29, 0.717) is 12.0 Å². The molecule has 1 aromatic rings. The minimum absolute atomic E-state index is 0.0358. The van der Waals surface area contributed by atoms with Crippen LogP contribution in [0.5, 0.6) is 0 Å². The Bertz CT molecular complexity index is 613. The fourth-order valence-corrected chi connectivity index (χ4v) is 3.96. The third-order valence-corrected chi connectivity index (χ3v) is 5.54. The molecule has 0 fully saturated rings.